The van der Waals surface area contributed by atoms with Crippen molar-refractivity contribution in [2.24, 2.45) is 0 Å². The molecule has 35 heavy (non-hydrogen) atoms. The van der Waals surface area contributed by atoms with Crippen LogP contribution >= 0.6 is 11.6 Å². The predicted molar refractivity (Wildman–Crippen MR) is 130 cm³/mol. The van der Waals surface area contributed by atoms with Crippen LogP contribution in [0.25, 0.3) is 11.5 Å². The second-order valence-corrected chi connectivity index (χ2v) is 8.79. The summed E-state index contributed by atoms with van der Waals surface area (Å²) >= 11 is 5.94. The minimum absolute atomic E-state index is 0.0751. The van der Waals surface area contributed by atoms with Crippen molar-refractivity contribution >= 4 is 29.0 Å². The molecule has 1 N–H and O–H groups in total. The molecule has 0 spiro atoms. The smallest absolute Gasteiger partial charge is 0.226 e. The van der Waals surface area contributed by atoms with Gasteiger partial charge in [-0.2, -0.15) is 14.3 Å². The highest BCUT2D eigenvalue weighted by molar-refractivity contribution is 6.30. The Morgan fingerprint density at radius 3 is 2.66 bits per heavy atom. The minimum Gasteiger partial charge on any atom is -0.489 e. The molecular formula is C25H20ClN7O2. The van der Waals surface area contributed by atoms with Crippen molar-refractivity contribution in [3.8, 4) is 11.6 Å². The summed E-state index contributed by atoms with van der Waals surface area (Å²) < 4.78 is 9.19. The van der Waals surface area contributed by atoms with Gasteiger partial charge in [0.25, 0.3) is 0 Å². The molecule has 0 fully saturated rings. The van der Waals surface area contributed by atoms with Gasteiger partial charge in [0.1, 0.15) is 18.2 Å². The minimum atomic E-state index is -0.127. The number of rotatable bonds is 5. The lowest BCUT2D eigenvalue weighted by molar-refractivity contribution is -0.116. The molecule has 10 heteroatoms. The van der Waals surface area contributed by atoms with Crippen LogP contribution in [0.5, 0.6) is 5.75 Å². The van der Waals surface area contributed by atoms with Crippen LogP contribution in [0.1, 0.15) is 34.9 Å². The molecule has 0 unspecified atom stereocenters. The van der Waals surface area contributed by atoms with Gasteiger partial charge in [0.05, 0.1) is 6.20 Å². The van der Waals surface area contributed by atoms with Crippen molar-refractivity contribution in [1.82, 2.24) is 29.6 Å². The van der Waals surface area contributed by atoms with Crippen molar-refractivity contribution in [3.63, 3.8) is 0 Å². The lowest BCUT2D eigenvalue weighted by Gasteiger charge is -2.23. The third kappa shape index (κ3) is 4.00. The van der Waals surface area contributed by atoms with Crippen LogP contribution in [0.3, 0.4) is 0 Å². The standard InChI is InChI=1S/C25H20ClN7O2/c1-15-29-30-22-10-11-23(31-32(15)22)33-25-21(13-27-33)20(12-24(34)28-25)17-4-8-19(9-5-17)35-14-16-2-6-18(26)7-3-16/h2-11,13,20H,12,14H2,1H3,(H,28,34)/t20-/m1/s1. The van der Waals surface area contributed by atoms with Crippen LogP contribution in [0.15, 0.2) is 66.9 Å². The van der Waals surface area contributed by atoms with E-state index in [-0.39, 0.29) is 11.8 Å². The molecule has 0 saturated heterocycles. The molecule has 6 rings (SSSR count). The SMILES string of the molecule is Cc1nnc2ccc(-n3ncc4c3NC(=O)C[C@@H]4c3ccc(OCc4ccc(Cl)cc4)cc3)nn12. The monoisotopic (exact) mass is 485 g/mol. The zero-order chi connectivity index (χ0) is 23.9. The van der Waals surface area contributed by atoms with Crippen LogP contribution in [0.4, 0.5) is 5.82 Å². The number of anilines is 1. The summed E-state index contributed by atoms with van der Waals surface area (Å²) in [5.41, 5.74) is 3.62. The highest BCUT2D eigenvalue weighted by Crippen LogP contribution is 2.38. The zero-order valence-corrected chi connectivity index (χ0v) is 19.5. The van der Waals surface area contributed by atoms with Crippen LogP contribution in [-0.4, -0.2) is 35.5 Å². The van der Waals surface area contributed by atoms with Crippen molar-refractivity contribution in [3.05, 3.63) is 94.4 Å². The van der Waals surface area contributed by atoms with Gasteiger partial charge in [0.15, 0.2) is 17.3 Å². The van der Waals surface area contributed by atoms with E-state index in [0.717, 1.165) is 22.4 Å². The maximum absolute atomic E-state index is 12.6. The fourth-order valence-electron chi connectivity index (χ4n) is 4.23. The second kappa shape index (κ2) is 8.52. The summed E-state index contributed by atoms with van der Waals surface area (Å²) in [5, 5.41) is 20.9. The average molecular weight is 486 g/mol. The number of halogens is 1. The molecule has 4 heterocycles. The molecule has 1 atom stereocenters. The Morgan fingerprint density at radius 1 is 1.06 bits per heavy atom. The predicted octanol–water partition coefficient (Wildman–Crippen LogP) is 4.32. The van der Waals surface area contributed by atoms with Crippen LogP contribution in [0, 0.1) is 6.92 Å². The van der Waals surface area contributed by atoms with Gasteiger partial charge in [-0.1, -0.05) is 35.9 Å². The summed E-state index contributed by atoms with van der Waals surface area (Å²) in [6.45, 7) is 2.28. The highest BCUT2D eigenvalue weighted by Gasteiger charge is 2.30. The fourth-order valence-corrected chi connectivity index (χ4v) is 4.36. The molecule has 2 aromatic carbocycles. The molecule has 0 saturated carbocycles. The van der Waals surface area contributed by atoms with E-state index in [1.165, 1.54) is 0 Å². The van der Waals surface area contributed by atoms with E-state index in [4.69, 9.17) is 16.3 Å². The largest absolute Gasteiger partial charge is 0.489 e. The molecule has 1 amide bonds. The molecular weight excluding hydrogens is 466 g/mol. The van der Waals surface area contributed by atoms with Crippen LogP contribution in [-0.2, 0) is 11.4 Å². The first-order chi connectivity index (χ1) is 17.0. The van der Waals surface area contributed by atoms with Crippen molar-refractivity contribution in [1.29, 1.82) is 0 Å². The Bertz CT molecular complexity index is 1540. The quantitative estimate of drug-likeness (QED) is 0.398. The normalized spacial score (nSPS) is 15.1. The van der Waals surface area contributed by atoms with E-state index in [1.807, 2.05) is 61.5 Å². The number of carbonyl (C=O) groups excluding carboxylic acids is 1. The van der Waals surface area contributed by atoms with E-state index in [2.05, 4.69) is 25.7 Å². The first-order valence-electron chi connectivity index (χ1n) is 11.1. The Kier molecular flexibility index (Phi) is 5.18. The van der Waals surface area contributed by atoms with E-state index >= 15 is 0 Å². The Morgan fingerprint density at radius 2 is 1.86 bits per heavy atom. The summed E-state index contributed by atoms with van der Waals surface area (Å²) in [4.78, 5) is 12.6. The molecule has 3 aromatic heterocycles. The van der Waals surface area contributed by atoms with Crippen molar-refractivity contribution in [2.45, 2.75) is 25.9 Å². The number of aromatic nitrogens is 6. The molecule has 174 valence electrons. The molecule has 0 bridgehead atoms. The van der Waals surface area contributed by atoms with Gasteiger partial charge >= 0.3 is 0 Å². The summed E-state index contributed by atoms with van der Waals surface area (Å²) in [6, 6.07) is 19.0. The second-order valence-electron chi connectivity index (χ2n) is 8.36. The number of nitrogens with zero attached hydrogens (tertiary/aromatic N) is 6. The number of amides is 1. The third-order valence-electron chi connectivity index (χ3n) is 6.04. The molecule has 1 aliphatic heterocycles. The van der Waals surface area contributed by atoms with Gasteiger partial charge < -0.3 is 10.1 Å². The number of fused-ring (bicyclic) bond motifs is 2. The van der Waals surface area contributed by atoms with Gasteiger partial charge in [-0.15, -0.1) is 15.3 Å². The topological polar surface area (TPSA) is 99.2 Å². The van der Waals surface area contributed by atoms with Crippen molar-refractivity contribution < 1.29 is 9.53 Å². The fraction of sp³-hybridized carbons (Fsp3) is 0.160. The summed E-state index contributed by atoms with van der Waals surface area (Å²) in [5.74, 6) is 2.40. The first kappa shape index (κ1) is 21.3. The number of hydrogen-bond acceptors (Lipinski definition) is 6. The van der Waals surface area contributed by atoms with E-state index in [9.17, 15) is 4.79 Å². The lowest BCUT2D eigenvalue weighted by Crippen LogP contribution is -2.24. The number of benzene rings is 2. The summed E-state index contributed by atoms with van der Waals surface area (Å²) in [6.07, 6.45) is 2.12. The molecule has 9 nitrogen and oxygen atoms in total. The van der Waals surface area contributed by atoms with E-state index < -0.39 is 0 Å². The van der Waals surface area contributed by atoms with E-state index in [0.29, 0.717) is 41.2 Å². The summed E-state index contributed by atoms with van der Waals surface area (Å²) in [7, 11) is 0. The maximum Gasteiger partial charge on any atom is 0.226 e. The Balaban J connectivity index is 1.26. The van der Waals surface area contributed by atoms with Crippen molar-refractivity contribution in [2.75, 3.05) is 5.32 Å². The van der Waals surface area contributed by atoms with Crippen LogP contribution < -0.4 is 10.1 Å². The number of aryl methyl sites for hydroxylation is 1. The average Bonchev–Trinajstić information content (AvgIpc) is 3.47. The molecule has 1 aliphatic rings. The zero-order valence-electron chi connectivity index (χ0n) is 18.7. The number of ether oxygens (including phenoxy) is 1. The highest BCUT2D eigenvalue weighted by atomic mass is 35.5. The lowest BCUT2D eigenvalue weighted by atomic mass is 9.87. The van der Waals surface area contributed by atoms with Gasteiger partial charge in [-0.3, -0.25) is 4.79 Å². The number of carbonyl (C=O) groups is 1. The third-order valence-corrected chi connectivity index (χ3v) is 6.30. The molecule has 0 aliphatic carbocycles. The Hall–Kier alpha value is -4.24. The van der Waals surface area contributed by atoms with Gasteiger partial charge in [-0.25, -0.2) is 0 Å². The van der Waals surface area contributed by atoms with E-state index in [1.54, 1.807) is 21.5 Å². The molecule has 5 aromatic rings. The van der Waals surface area contributed by atoms with Gasteiger partial charge in [0, 0.05) is 22.9 Å². The van der Waals surface area contributed by atoms with Gasteiger partial charge in [-0.05, 0) is 54.4 Å². The first-order valence-corrected chi connectivity index (χ1v) is 11.5. The Labute approximate surface area is 205 Å². The van der Waals surface area contributed by atoms with Gasteiger partial charge in [0.2, 0.25) is 5.91 Å². The van der Waals surface area contributed by atoms with Crippen LogP contribution in [0.2, 0.25) is 5.02 Å². The number of nitrogens with one attached hydrogen (secondary N) is 1. The molecule has 0 radical (unpaired) electrons. The number of hydrogen-bond donors (Lipinski definition) is 1. The maximum atomic E-state index is 12.6.